The highest BCUT2D eigenvalue weighted by Gasteiger charge is 2.28. The van der Waals surface area contributed by atoms with Crippen LogP contribution in [0.3, 0.4) is 0 Å². The van der Waals surface area contributed by atoms with Gasteiger partial charge in [-0.1, -0.05) is 30.3 Å². The summed E-state index contributed by atoms with van der Waals surface area (Å²) >= 11 is 1.34. The molecule has 6 rings (SSSR count). The Bertz CT molecular complexity index is 1830. The van der Waals surface area contributed by atoms with E-state index in [2.05, 4.69) is 30.7 Å². The molecule has 216 valence electrons. The molecule has 0 saturated carbocycles. The molecule has 0 bridgehead atoms. The monoisotopic (exact) mass is 597 g/mol. The second-order valence-corrected chi connectivity index (χ2v) is 9.28. The first-order chi connectivity index (χ1) is 19.6. The van der Waals surface area contributed by atoms with Crippen molar-refractivity contribution < 1.29 is 32.5 Å². The molecule has 0 spiro atoms. The molecule has 5 heterocycles. The van der Waals surface area contributed by atoms with Crippen molar-refractivity contribution in [2.24, 2.45) is 0 Å². The van der Waals surface area contributed by atoms with Crippen molar-refractivity contribution in [1.82, 2.24) is 29.9 Å². The number of nitrogens with one attached hydrogen (secondary N) is 3. The number of H-pyrrole nitrogens is 2. The Morgan fingerprint density at radius 3 is 2.50 bits per heavy atom. The van der Waals surface area contributed by atoms with Gasteiger partial charge in [-0.25, -0.2) is 9.50 Å². The number of para-hydroxylation sites is 1. The van der Waals surface area contributed by atoms with E-state index in [1.54, 1.807) is 40.2 Å². The number of thiophene rings is 1. The topological polar surface area (TPSA) is 174 Å². The molecule has 5 N–H and O–H groups in total. The van der Waals surface area contributed by atoms with Crippen molar-refractivity contribution >= 4 is 40.4 Å². The summed E-state index contributed by atoms with van der Waals surface area (Å²) in [4.78, 5) is 26.8. The molecule has 0 atom stereocenters. The van der Waals surface area contributed by atoms with Crippen LogP contribution in [0.4, 0.5) is 24.7 Å². The number of halogens is 3. The number of nitrogens with zero attached hydrogens (tertiary/aromatic N) is 5. The van der Waals surface area contributed by atoms with E-state index in [9.17, 15) is 18.0 Å². The summed E-state index contributed by atoms with van der Waals surface area (Å²) in [5.74, 6) is -2.82. The first kappa shape index (κ1) is 29.5. The molecule has 0 fully saturated rings. The fourth-order valence-corrected chi connectivity index (χ4v) is 4.46. The number of hydrogen-bond donors (Lipinski definition) is 4. The molecule has 1 amide bonds. The minimum atomic E-state index is -5.19. The number of anilines is 2. The van der Waals surface area contributed by atoms with Crippen LogP contribution in [0.5, 0.6) is 0 Å². The first-order valence-corrected chi connectivity index (χ1v) is 12.4. The van der Waals surface area contributed by atoms with Crippen molar-refractivity contribution in [2.75, 3.05) is 11.1 Å². The second-order valence-electron chi connectivity index (χ2n) is 8.37. The number of fused-ring (bicyclic) bond motifs is 1. The Labute approximate surface area is 239 Å². The number of nitrogen functional groups attached to an aromatic ring is 1. The zero-order valence-corrected chi connectivity index (χ0v) is 21.4. The standard InChI is InChI=1S/C23H17N9OS.C2HF3O2.CH4/c24-19-12-31(17-4-2-1-3-5-17)30-21(19)29-23(33)20-6-14(13-34-20)18-10-28-32-11-16(7-25-22(18)32)15-8-26-27-9-15;3-2(4,5)1(6)7;/h1-13H,24H2,(H2,26,27,29,30,33);(H,6,7);1H4. The van der Waals surface area contributed by atoms with Crippen molar-refractivity contribution in [3.63, 3.8) is 0 Å². The van der Waals surface area contributed by atoms with Gasteiger partial charge in [-0.3, -0.25) is 9.89 Å². The SMILES string of the molecule is C.Nc1c[n+](-c2ccccc2)[nH]c1NC(=O)c1cc(-c2cnn3cc(-c4cn[nH]c4)cnc23)cs1.O=C([O-])C(F)(F)F. The Kier molecular flexibility index (Phi) is 8.37. The van der Waals surface area contributed by atoms with Gasteiger partial charge in [0.2, 0.25) is 11.9 Å². The molecule has 12 nitrogen and oxygen atoms in total. The Morgan fingerprint density at radius 1 is 1.10 bits per heavy atom. The fourth-order valence-electron chi connectivity index (χ4n) is 3.66. The quantitative estimate of drug-likeness (QED) is 0.221. The number of benzene rings is 1. The summed E-state index contributed by atoms with van der Waals surface area (Å²) < 4.78 is 35.0. The van der Waals surface area contributed by atoms with Gasteiger partial charge in [-0.05, 0) is 17.0 Å². The number of aromatic nitrogens is 7. The second kappa shape index (κ2) is 11.9. The lowest BCUT2D eigenvalue weighted by molar-refractivity contribution is -0.654. The zero-order valence-electron chi connectivity index (χ0n) is 20.6. The maximum absolute atomic E-state index is 12.9. The molecule has 0 aliphatic carbocycles. The molecule has 42 heavy (non-hydrogen) atoms. The molecule has 0 aliphatic heterocycles. The van der Waals surface area contributed by atoms with Crippen molar-refractivity contribution in [3.05, 3.63) is 83.8 Å². The number of carbonyl (C=O) groups is 2. The van der Waals surface area contributed by atoms with E-state index < -0.39 is 12.1 Å². The van der Waals surface area contributed by atoms with E-state index in [0.29, 0.717) is 22.0 Å². The van der Waals surface area contributed by atoms with Gasteiger partial charge in [-0.2, -0.15) is 23.4 Å². The third kappa shape index (κ3) is 6.28. The van der Waals surface area contributed by atoms with Crippen LogP contribution in [0, 0.1) is 0 Å². The fraction of sp³-hybridized carbons (Fsp3) is 0.0769. The van der Waals surface area contributed by atoms with Crippen molar-refractivity contribution in [3.8, 4) is 27.9 Å². The molecule has 5 aromatic heterocycles. The zero-order chi connectivity index (χ0) is 29.1. The molecule has 0 aliphatic rings. The van der Waals surface area contributed by atoms with Gasteiger partial charge in [0, 0.05) is 47.4 Å². The third-order valence-corrected chi connectivity index (χ3v) is 6.54. The van der Waals surface area contributed by atoms with Crippen LogP contribution in [0.2, 0.25) is 0 Å². The van der Waals surface area contributed by atoms with Gasteiger partial charge >= 0.3 is 6.18 Å². The lowest BCUT2D eigenvalue weighted by atomic mass is 10.1. The van der Waals surface area contributed by atoms with Crippen LogP contribution in [0.1, 0.15) is 17.1 Å². The van der Waals surface area contributed by atoms with Crippen molar-refractivity contribution in [2.45, 2.75) is 13.6 Å². The van der Waals surface area contributed by atoms with Crippen LogP contribution in [-0.2, 0) is 4.79 Å². The number of amides is 1. The summed E-state index contributed by atoms with van der Waals surface area (Å²) in [7, 11) is 0. The molecule has 0 saturated heterocycles. The highest BCUT2D eigenvalue weighted by atomic mass is 32.1. The van der Waals surface area contributed by atoms with Gasteiger partial charge in [0.25, 0.3) is 5.91 Å². The van der Waals surface area contributed by atoms with Crippen LogP contribution >= 0.6 is 11.3 Å². The van der Waals surface area contributed by atoms with E-state index in [4.69, 9.17) is 15.6 Å². The van der Waals surface area contributed by atoms with Gasteiger partial charge in [0.05, 0.1) is 17.3 Å². The largest absolute Gasteiger partial charge is 0.542 e. The molecular formula is C26H22F3N9O3S. The average molecular weight is 598 g/mol. The number of carboxylic acid groups (broad SMARTS) is 1. The number of hydrogen-bond acceptors (Lipinski definition) is 8. The van der Waals surface area contributed by atoms with Gasteiger partial charge < -0.3 is 21.0 Å². The predicted molar refractivity (Wildman–Crippen MR) is 146 cm³/mol. The number of carboxylic acids is 1. The van der Waals surface area contributed by atoms with E-state index in [-0.39, 0.29) is 13.3 Å². The summed E-state index contributed by atoms with van der Waals surface area (Å²) in [6, 6.07) is 11.5. The van der Waals surface area contributed by atoms with Crippen LogP contribution < -0.4 is 20.8 Å². The molecule has 1 aromatic carbocycles. The number of nitrogens with two attached hydrogens (primary N) is 1. The lowest BCUT2D eigenvalue weighted by Gasteiger charge is -2.03. The Balaban J connectivity index is 0.000000454. The number of aromatic amines is 2. The Morgan fingerprint density at radius 2 is 1.83 bits per heavy atom. The minimum Gasteiger partial charge on any atom is -0.542 e. The number of carbonyl (C=O) groups excluding carboxylic acids is 2. The summed E-state index contributed by atoms with van der Waals surface area (Å²) in [5, 5.41) is 27.9. The van der Waals surface area contributed by atoms with Crippen LogP contribution in [0.15, 0.2) is 79.0 Å². The molecular weight excluding hydrogens is 575 g/mol. The minimum absolute atomic E-state index is 0. The Hall–Kier alpha value is -5.51. The molecule has 6 aromatic rings. The highest BCUT2D eigenvalue weighted by Crippen LogP contribution is 2.30. The third-order valence-electron chi connectivity index (χ3n) is 5.62. The smallest absolute Gasteiger partial charge is 0.430 e. The summed E-state index contributed by atoms with van der Waals surface area (Å²) in [6.07, 6.45) is 5.49. The van der Waals surface area contributed by atoms with E-state index in [0.717, 1.165) is 27.9 Å². The molecule has 0 radical (unpaired) electrons. The summed E-state index contributed by atoms with van der Waals surface area (Å²) in [5.41, 5.74) is 11.7. The first-order valence-electron chi connectivity index (χ1n) is 11.6. The van der Waals surface area contributed by atoms with Crippen LogP contribution in [0.25, 0.3) is 33.6 Å². The van der Waals surface area contributed by atoms with E-state index in [1.165, 1.54) is 11.3 Å². The van der Waals surface area contributed by atoms with Crippen LogP contribution in [-0.4, -0.2) is 47.9 Å². The maximum Gasteiger partial charge on any atom is 0.430 e. The number of rotatable bonds is 5. The maximum atomic E-state index is 12.9. The van der Waals surface area contributed by atoms with Crippen molar-refractivity contribution in [1.29, 1.82) is 0 Å². The molecule has 0 unspecified atom stereocenters. The average Bonchev–Trinajstić information content (AvgIpc) is 3.76. The van der Waals surface area contributed by atoms with E-state index >= 15 is 0 Å². The van der Waals surface area contributed by atoms with Gasteiger partial charge in [0.15, 0.2) is 11.5 Å². The lowest BCUT2D eigenvalue weighted by Crippen LogP contribution is -2.37. The summed E-state index contributed by atoms with van der Waals surface area (Å²) in [6.45, 7) is 0. The predicted octanol–water partition coefficient (Wildman–Crippen LogP) is 3.22. The number of alkyl halides is 3. The molecule has 16 heteroatoms. The van der Waals surface area contributed by atoms with E-state index in [1.807, 2.05) is 48.0 Å². The number of aliphatic carboxylic acids is 1. The van der Waals surface area contributed by atoms with Gasteiger partial charge in [-0.15, -0.1) is 16.4 Å². The van der Waals surface area contributed by atoms with Gasteiger partial charge in [0.1, 0.15) is 11.7 Å². The highest BCUT2D eigenvalue weighted by molar-refractivity contribution is 7.12. The normalized spacial score (nSPS) is 10.9.